The summed E-state index contributed by atoms with van der Waals surface area (Å²) in [6.45, 7) is 0. The highest BCUT2D eigenvalue weighted by Gasteiger charge is 2.21. The van der Waals surface area contributed by atoms with Crippen molar-refractivity contribution in [2.45, 2.75) is 4.34 Å². The summed E-state index contributed by atoms with van der Waals surface area (Å²) in [6, 6.07) is 17.0. The van der Waals surface area contributed by atoms with Gasteiger partial charge < -0.3 is 10.4 Å². The minimum atomic E-state index is -1.45. The number of carboxylic acid groups (broad SMARTS) is 1. The van der Waals surface area contributed by atoms with E-state index >= 15 is 0 Å². The molecule has 9 nitrogen and oxygen atoms in total. The van der Waals surface area contributed by atoms with Gasteiger partial charge in [0, 0.05) is 23.4 Å². The Morgan fingerprint density at radius 1 is 1.03 bits per heavy atom. The SMILES string of the molecule is O=C(CSc1nc2ccc(NC(=O)c3ccc([N+](=O)[O-])cc3C(=O)O)cc2s1)c1ccccc1. The van der Waals surface area contributed by atoms with Gasteiger partial charge in [0.05, 0.1) is 32.0 Å². The largest absolute Gasteiger partial charge is 0.478 e. The molecule has 11 heteroatoms. The number of ketones is 1. The predicted molar refractivity (Wildman–Crippen MR) is 129 cm³/mol. The van der Waals surface area contributed by atoms with Crippen LogP contribution in [0.1, 0.15) is 31.1 Å². The Bertz CT molecular complexity index is 1440. The zero-order valence-electron chi connectivity index (χ0n) is 17.3. The van der Waals surface area contributed by atoms with Crippen molar-refractivity contribution in [1.82, 2.24) is 4.98 Å². The number of nitrogens with zero attached hydrogens (tertiary/aromatic N) is 2. The van der Waals surface area contributed by atoms with Crippen LogP contribution in [0.4, 0.5) is 11.4 Å². The Morgan fingerprint density at radius 2 is 1.79 bits per heavy atom. The number of rotatable bonds is 8. The van der Waals surface area contributed by atoms with E-state index in [-0.39, 0.29) is 17.1 Å². The van der Waals surface area contributed by atoms with Gasteiger partial charge in [-0.15, -0.1) is 11.3 Å². The summed E-state index contributed by atoms with van der Waals surface area (Å²) in [5, 5.41) is 22.9. The number of anilines is 1. The van der Waals surface area contributed by atoms with Gasteiger partial charge in [-0.1, -0.05) is 42.1 Å². The van der Waals surface area contributed by atoms with Crippen molar-refractivity contribution >= 4 is 62.3 Å². The molecule has 4 aromatic rings. The van der Waals surface area contributed by atoms with E-state index in [9.17, 15) is 29.6 Å². The van der Waals surface area contributed by atoms with Crippen molar-refractivity contribution in [1.29, 1.82) is 0 Å². The van der Waals surface area contributed by atoms with E-state index in [1.165, 1.54) is 23.1 Å². The van der Waals surface area contributed by atoms with Gasteiger partial charge >= 0.3 is 5.97 Å². The topological polar surface area (TPSA) is 140 Å². The van der Waals surface area contributed by atoms with Crippen molar-refractivity contribution < 1.29 is 24.4 Å². The first-order chi connectivity index (χ1) is 16.3. The molecule has 0 saturated heterocycles. The van der Waals surface area contributed by atoms with E-state index in [1.54, 1.807) is 30.3 Å². The molecule has 1 heterocycles. The molecule has 0 atom stereocenters. The van der Waals surface area contributed by atoms with Crippen molar-refractivity contribution in [3.8, 4) is 0 Å². The molecule has 0 radical (unpaired) electrons. The Labute approximate surface area is 200 Å². The van der Waals surface area contributed by atoms with E-state index in [2.05, 4.69) is 10.3 Å². The third-order valence-corrected chi connectivity index (χ3v) is 6.90. The fourth-order valence-electron chi connectivity index (χ4n) is 3.10. The summed E-state index contributed by atoms with van der Waals surface area (Å²) < 4.78 is 1.47. The van der Waals surface area contributed by atoms with Crippen LogP contribution < -0.4 is 5.32 Å². The van der Waals surface area contributed by atoms with E-state index in [0.29, 0.717) is 21.1 Å². The molecule has 1 amide bonds. The van der Waals surface area contributed by atoms with Crippen molar-refractivity contribution in [2.24, 2.45) is 0 Å². The summed E-state index contributed by atoms with van der Waals surface area (Å²) >= 11 is 2.69. The normalized spacial score (nSPS) is 10.7. The Morgan fingerprint density at radius 3 is 2.50 bits per heavy atom. The summed E-state index contributed by atoms with van der Waals surface area (Å²) in [5.74, 6) is -1.92. The van der Waals surface area contributed by atoms with Crippen LogP contribution in [0.3, 0.4) is 0 Å². The van der Waals surface area contributed by atoms with Gasteiger partial charge in [0.2, 0.25) is 0 Å². The van der Waals surface area contributed by atoms with E-state index in [0.717, 1.165) is 22.9 Å². The summed E-state index contributed by atoms with van der Waals surface area (Å²) in [5.41, 5.74) is 0.654. The number of nitro groups is 1. The molecule has 0 unspecified atom stereocenters. The highest BCUT2D eigenvalue weighted by Crippen LogP contribution is 2.32. The zero-order valence-corrected chi connectivity index (χ0v) is 18.9. The van der Waals surface area contributed by atoms with E-state index in [4.69, 9.17) is 0 Å². The predicted octanol–water partition coefficient (Wildman–Crippen LogP) is 5.13. The second-order valence-electron chi connectivity index (χ2n) is 6.99. The van der Waals surface area contributed by atoms with Crippen LogP contribution in [0, 0.1) is 10.1 Å². The van der Waals surface area contributed by atoms with Crippen molar-refractivity contribution in [2.75, 3.05) is 11.1 Å². The first kappa shape index (κ1) is 23.1. The molecule has 3 aromatic carbocycles. The van der Waals surface area contributed by atoms with Crippen molar-refractivity contribution in [3.63, 3.8) is 0 Å². The van der Waals surface area contributed by atoms with E-state index < -0.39 is 28.1 Å². The molecule has 0 saturated carbocycles. The number of hydrogen-bond acceptors (Lipinski definition) is 8. The van der Waals surface area contributed by atoms with Gasteiger partial charge in [0.15, 0.2) is 10.1 Å². The van der Waals surface area contributed by atoms with Gasteiger partial charge in [-0.3, -0.25) is 19.7 Å². The van der Waals surface area contributed by atoms with Gasteiger partial charge in [-0.2, -0.15) is 0 Å². The summed E-state index contributed by atoms with van der Waals surface area (Å²) in [6.07, 6.45) is 0. The number of carboxylic acids is 1. The second kappa shape index (κ2) is 9.81. The average Bonchev–Trinajstić information content (AvgIpc) is 3.24. The number of carbonyl (C=O) groups excluding carboxylic acids is 2. The summed E-state index contributed by atoms with van der Waals surface area (Å²) in [7, 11) is 0. The number of Topliss-reactive ketones (excluding diaryl/α,β-unsaturated/α-hetero) is 1. The standard InChI is InChI=1S/C23H15N3O6S2/c27-19(13-4-2-1-3-5-13)12-33-23-25-18-9-6-14(10-20(18)34-23)24-21(28)16-8-7-15(26(31)32)11-17(16)22(29)30/h1-11H,12H2,(H,24,28)(H,29,30). The maximum atomic E-state index is 12.7. The highest BCUT2D eigenvalue weighted by molar-refractivity contribution is 8.01. The molecule has 0 aliphatic carbocycles. The molecule has 0 aliphatic heterocycles. The number of nitro benzene ring substituents is 1. The number of thioether (sulfide) groups is 1. The van der Waals surface area contributed by atoms with Crippen molar-refractivity contribution in [3.05, 3.63) is 93.5 Å². The molecular formula is C23H15N3O6S2. The number of amides is 1. The van der Waals surface area contributed by atoms with Gasteiger partial charge in [0.1, 0.15) is 0 Å². The lowest BCUT2D eigenvalue weighted by Gasteiger charge is -2.08. The van der Waals surface area contributed by atoms with Gasteiger partial charge in [-0.25, -0.2) is 9.78 Å². The van der Waals surface area contributed by atoms with Crippen LogP contribution >= 0.6 is 23.1 Å². The first-order valence-electron chi connectivity index (χ1n) is 9.76. The fourth-order valence-corrected chi connectivity index (χ4v) is 5.10. The van der Waals surface area contributed by atoms with Crippen LogP contribution in [0.2, 0.25) is 0 Å². The molecule has 0 fully saturated rings. The number of benzene rings is 3. The molecule has 4 rings (SSSR count). The number of fused-ring (bicyclic) bond motifs is 1. The van der Waals surface area contributed by atoms with Crippen LogP contribution in [0.15, 0.2) is 71.1 Å². The lowest BCUT2D eigenvalue weighted by molar-refractivity contribution is -0.384. The average molecular weight is 494 g/mol. The number of hydrogen-bond donors (Lipinski definition) is 2. The number of carbonyl (C=O) groups is 3. The van der Waals surface area contributed by atoms with Crippen LogP contribution in [-0.2, 0) is 0 Å². The highest BCUT2D eigenvalue weighted by atomic mass is 32.2. The monoisotopic (exact) mass is 493 g/mol. The van der Waals surface area contributed by atoms with Crippen LogP contribution in [-0.4, -0.2) is 38.4 Å². The number of nitrogens with one attached hydrogen (secondary N) is 1. The lowest BCUT2D eigenvalue weighted by atomic mass is 10.1. The lowest BCUT2D eigenvalue weighted by Crippen LogP contribution is -2.16. The van der Waals surface area contributed by atoms with Gasteiger partial charge in [-0.05, 0) is 24.3 Å². The van der Waals surface area contributed by atoms with E-state index in [1.807, 2.05) is 18.2 Å². The second-order valence-corrected chi connectivity index (χ2v) is 9.24. The summed E-state index contributed by atoms with van der Waals surface area (Å²) in [4.78, 5) is 51.2. The quantitative estimate of drug-likeness (QED) is 0.149. The molecule has 0 spiro atoms. The fraction of sp³-hybridized carbons (Fsp3) is 0.0435. The maximum absolute atomic E-state index is 12.7. The zero-order chi connectivity index (χ0) is 24.2. The molecule has 0 bridgehead atoms. The third kappa shape index (κ3) is 5.11. The minimum Gasteiger partial charge on any atom is -0.478 e. The third-order valence-electron chi connectivity index (χ3n) is 4.74. The number of aromatic nitrogens is 1. The number of aromatic carboxylic acids is 1. The molecule has 0 aliphatic rings. The Hall–Kier alpha value is -4.09. The molecule has 170 valence electrons. The first-order valence-corrected chi connectivity index (χ1v) is 11.6. The molecular weight excluding hydrogens is 478 g/mol. The smallest absolute Gasteiger partial charge is 0.336 e. The van der Waals surface area contributed by atoms with Gasteiger partial charge in [0.25, 0.3) is 11.6 Å². The molecule has 34 heavy (non-hydrogen) atoms. The maximum Gasteiger partial charge on any atom is 0.336 e. The Balaban J connectivity index is 1.49. The minimum absolute atomic E-state index is 0.00450. The van der Waals surface area contributed by atoms with Crippen LogP contribution in [0.25, 0.3) is 10.2 Å². The molecule has 2 N–H and O–H groups in total. The Kier molecular flexibility index (Phi) is 6.66. The number of non-ortho nitro benzene ring substituents is 1. The molecule has 1 aromatic heterocycles. The number of thiazole rings is 1. The van der Waals surface area contributed by atoms with Crippen LogP contribution in [0.5, 0.6) is 0 Å².